The van der Waals surface area contributed by atoms with Gasteiger partial charge in [-0.1, -0.05) is 13.8 Å². The maximum absolute atomic E-state index is 12.3. The van der Waals surface area contributed by atoms with Crippen LogP contribution in [-0.4, -0.2) is 49.2 Å². The molecule has 4 nitrogen and oxygen atoms in total. The summed E-state index contributed by atoms with van der Waals surface area (Å²) in [5.74, 6) is -0.0539. The number of nitrogens with zero attached hydrogens (tertiary/aromatic N) is 1. The normalized spacial score (nSPS) is 25.0. The van der Waals surface area contributed by atoms with E-state index in [0.29, 0.717) is 6.61 Å². The van der Waals surface area contributed by atoms with Crippen molar-refractivity contribution in [2.24, 2.45) is 0 Å². The van der Waals surface area contributed by atoms with E-state index in [1.54, 1.807) is 0 Å². The number of rotatable bonds is 7. The zero-order chi connectivity index (χ0) is 14.1. The molecule has 112 valence electrons. The minimum atomic E-state index is -0.450. The molecule has 1 unspecified atom stereocenters. The third-order valence-electron chi connectivity index (χ3n) is 3.85. The molecule has 4 heteroatoms. The summed E-state index contributed by atoms with van der Waals surface area (Å²) in [5, 5.41) is 3.47. The van der Waals surface area contributed by atoms with E-state index in [1.165, 1.54) is 6.42 Å². The fourth-order valence-electron chi connectivity index (χ4n) is 2.82. The van der Waals surface area contributed by atoms with Gasteiger partial charge in [-0.3, -0.25) is 4.79 Å². The molecule has 1 aliphatic heterocycles. The van der Waals surface area contributed by atoms with Gasteiger partial charge < -0.3 is 15.0 Å². The van der Waals surface area contributed by atoms with Gasteiger partial charge in [0.1, 0.15) is 5.54 Å². The predicted molar refractivity (Wildman–Crippen MR) is 78.2 cm³/mol. The van der Waals surface area contributed by atoms with Crippen molar-refractivity contribution in [2.75, 3.05) is 32.8 Å². The fraction of sp³-hybridized carbons (Fsp3) is 0.933. The average Bonchev–Trinajstić information content (AvgIpc) is 2.61. The maximum atomic E-state index is 12.3. The van der Waals surface area contributed by atoms with Crippen LogP contribution >= 0.6 is 0 Å². The van der Waals surface area contributed by atoms with Gasteiger partial charge in [-0.15, -0.1) is 0 Å². The highest BCUT2D eigenvalue weighted by atomic mass is 16.5. The first-order chi connectivity index (χ1) is 9.18. The summed E-state index contributed by atoms with van der Waals surface area (Å²) in [6.45, 7) is 10.8. The van der Waals surface area contributed by atoms with Gasteiger partial charge in [-0.25, -0.2) is 0 Å². The highest BCUT2D eigenvalue weighted by Gasteiger charge is 2.40. The summed E-state index contributed by atoms with van der Waals surface area (Å²) in [6.07, 6.45) is 5.04. The number of hydrogen-bond donors (Lipinski definition) is 1. The Morgan fingerprint density at radius 3 is 2.63 bits per heavy atom. The van der Waals surface area contributed by atoms with Crippen molar-refractivity contribution in [1.82, 2.24) is 10.2 Å². The summed E-state index contributed by atoms with van der Waals surface area (Å²) in [4.78, 5) is 14.8. The Balaban J connectivity index is 2.70. The molecule has 1 atom stereocenters. The highest BCUT2D eigenvalue weighted by Crippen LogP contribution is 2.24. The third-order valence-corrected chi connectivity index (χ3v) is 3.85. The molecule has 19 heavy (non-hydrogen) atoms. The van der Waals surface area contributed by atoms with E-state index in [2.05, 4.69) is 24.1 Å². The summed E-state index contributed by atoms with van der Waals surface area (Å²) in [6, 6.07) is 0. The van der Waals surface area contributed by atoms with E-state index in [0.717, 1.165) is 51.9 Å². The van der Waals surface area contributed by atoms with Crippen LogP contribution in [0.25, 0.3) is 0 Å². The lowest BCUT2D eigenvalue weighted by Gasteiger charge is -2.31. The molecule has 0 saturated carbocycles. The maximum Gasteiger partial charge on any atom is 0.326 e. The summed E-state index contributed by atoms with van der Waals surface area (Å²) in [7, 11) is 0. The number of carbonyl (C=O) groups excluding carboxylic acids is 1. The second-order valence-corrected chi connectivity index (χ2v) is 5.42. The molecule has 0 bridgehead atoms. The zero-order valence-corrected chi connectivity index (χ0v) is 12.8. The van der Waals surface area contributed by atoms with E-state index in [9.17, 15) is 4.79 Å². The molecule has 1 aliphatic rings. The molecule has 0 aliphatic carbocycles. The predicted octanol–water partition coefficient (Wildman–Crippen LogP) is 2.18. The highest BCUT2D eigenvalue weighted by molar-refractivity contribution is 5.81. The molecular formula is C15H30N2O2. The second-order valence-electron chi connectivity index (χ2n) is 5.42. The molecule has 1 heterocycles. The zero-order valence-electron chi connectivity index (χ0n) is 12.8. The lowest BCUT2D eigenvalue weighted by atomic mass is 9.90. The van der Waals surface area contributed by atoms with Crippen LogP contribution < -0.4 is 5.32 Å². The van der Waals surface area contributed by atoms with Gasteiger partial charge >= 0.3 is 5.97 Å². The van der Waals surface area contributed by atoms with Crippen LogP contribution in [-0.2, 0) is 9.53 Å². The van der Waals surface area contributed by atoms with E-state index in [4.69, 9.17) is 4.74 Å². The van der Waals surface area contributed by atoms with Gasteiger partial charge in [-0.2, -0.15) is 0 Å². The van der Waals surface area contributed by atoms with E-state index < -0.39 is 5.54 Å². The molecule has 1 N–H and O–H groups in total. The Morgan fingerprint density at radius 1 is 1.21 bits per heavy atom. The summed E-state index contributed by atoms with van der Waals surface area (Å²) in [5.41, 5.74) is -0.450. The molecule has 0 amide bonds. The smallest absolute Gasteiger partial charge is 0.326 e. The van der Waals surface area contributed by atoms with E-state index >= 15 is 0 Å². The number of nitrogens with one attached hydrogen (secondary N) is 1. The van der Waals surface area contributed by atoms with Crippen LogP contribution in [0.1, 0.15) is 52.9 Å². The minimum absolute atomic E-state index is 0.0539. The van der Waals surface area contributed by atoms with Gasteiger partial charge in [0.05, 0.1) is 6.61 Å². The molecule has 1 saturated heterocycles. The van der Waals surface area contributed by atoms with Gasteiger partial charge in [-0.05, 0) is 58.7 Å². The molecule has 1 rings (SSSR count). The molecule has 0 aromatic rings. The van der Waals surface area contributed by atoms with Crippen LogP contribution in [0.3, 0.4) is 0 Å². The van der Waals surface area contributed by atoms with Crippen LogP contribution in [0.15, 0.2) is 0 Å². The Hall–Kier alpha value is -0.610. The quantitative estimate of drug-likeness (QED) is 0.720. The van der Waals surface area contributed by atoms with E-state index in [1.807, 2.05) is 6.92 Å². The molecule has 0 spiro atoms. The number of esters is 1. The molecule has 0 radical (unpaired) electrons. The molecule has 1 fully saturated rings. The largest absolute Gasteiger partial charge is 0.465 e. The van der Waals surface area contributed by atoms with Crippen molar-refractivity contribution >= 4 is 5.97 Å². The fourth-order valence-corrected chi connectivity index (χ4v) is 2.82. The topological polar surface area (TPSA) is 41.6 Å². The van der Waals surface area contributed by atoms with Gasteiger partial charge in [0, 0.05) is 6.54 Å². The van der Waals surface area contributed by atoms with Crippen LogP contribution in [0.4, 0.5) is 0 Å². The van der Waals surface area contributed by atoms with Crippen molar-refractivity contribution in [3.8, 4) is 0 Å². The van der Waals surface area contributed by atoms with Crippen LogP contribution in [0.5, 0.6) is 0 Å². The summed E-state index contributed by atoms with van der Waals surface area (Å²) < 4.78 is 5.31. The first-order valence-electron chi connectivity index (χ1n) is 7.83. The molecule has 0 aromatic heterocycles. The lowest BCUT2D eigenvalue weighted by Crippen LogP contribution is -2.53. The van der Waals surface area contributed by atoms with E-state index in [-0.39, 0.29) is 5.97 Å². The standard InChI is InChI=1S/C15H30N2O2/c1-4-10-16-15(14(18)19-6-3)8-7-12-17(11-5-2)13-9-15/h16H,4-13H2,1-3H3. The summed E-state index contributed by atoms with van der Waals surface area (Å²) >= 11 is 0. The molecule has 0 aromatic carbocycles. The Bertz CT molecular complexity index is 271. The van der Waals surface area contributed by atoms with Crippen molar-refractivity contribution < 1.29 is 9.53 Å². The van der Waals surface area contributed by atoms with Gasteiger partial charge in [0.2, 0.25) is 0 Å². The first-order valence-corrected chi connectivity index (χ1v) is 7.83. The van der Waals surface area contributed by atoms with Crippen molar-refractivity contribution in [3.63, 3.8) is 0 Å². The van der Waals surface area contributed by atoms with Crippen LogP contribution in [0, 0.1) is 0 Å². The van der Waals surface area contributed by atoms with Crippen molar-refractivity contribution in [2.45, 2.75) is 58.4 Å². The average molecular weight is 270 g/mol. The van der Waals surface area contributed by atoms with Gasteiger partial charge in [0.25, 0.3) is 0 Å². The first kappa shape index (κ1) is 16.4. The SMILES string of the molecule is CCCNC1(C(=O)OCC)CCCN(CCC)CC1. The number of likely N-dealkylation sites (tertiary alicyclic amines) is 1. The second kappa shape index (κ2) is 8.54. The monoisotopic (exact) mass is 270 g/mol. The van der Waals surface area contributed by atoms with Crippen molar-refractivity contribution in [3.05, 3.63) is 0 Å². The minimum Gasteiger partial charge on any atom is -0.465 e. The third kappa shape index (κ3) is 4.77. The number of hydrogen-bond acceptors (Lipinski definition) is 4. The van der Waals surface area contributed by atoms with Gasteiger partial charge in [0.15, 0.2) is 0 Å². The Morgan fingerprint density at radius 2 is 2.00 bits per heavy atom. The Labute approximate surface area is 117 Å². The Kier molecular flexibility index (Phi) is 7.39. The number of carbonyl (C=O) groups is 1. The lowest BCUT2D eigenvalue weighted by molar-refractivity contribution is -0.151. The number of ether oxygens (including phenoxy) is 1. The van der Waals surface area contributed by atoms with Crippen molar-refractivity contribution in [1.29, 1.82) is 0 Å². The van der Waals surface area contributed by atoms with Crippen LogP contribution in [0.2, 0.25) is 0 Å². The molecular weight excluding hydrogens is 240 g/mol.